The number of methoxy groups -OCH3 is 1. The smallest absolute Gasteiger partial charge is 0.289 e. The molecule has 1 aromatic heterocycles. The minimum absolute atomic E-state index is 0.0637. The lowest BCUT2D eigenvalue weighted by atomic mass is 10.1. The van der Waals surface area contributed by atoms with E-state index in [0.717, 1.165) is 31.1 Å². The molecule has 31 heavy (non-hydrogen) atoms. The minimum atomic E-state index is -0.0637. The maximum absolute atomic E-state index is 12.8. The average Bonchev–Trinajstić information content (AvgIpc) is 3.29. The average molecular weight is 421 g/mol. The second-order valence-corrected chi connectivity index (χ2v) is 7.72. The summed E-state index contributed by atoms with van der Waals surface area (Å²) in [6, 6.07) is 19.3. The molecule has 1 aliphatic rings. The molecule has 2 aromatic carbocycles. The van der Waals surface area contributed by atoms with E-state index in [1.165, 1.54) is 11.1 Å². The molecule has 1 saturated heterocycles. The Morgan fingerprint density at radius 3 is 2.35 bits per heavy atom. The molecular weight excluding hydrogens is 392 g/mol. The van der Waals surface area contributed by atoms with E-state index in [-0.39, 0.29) is 12.5 Å². The molecule has 0 unspecified atom stereocenters. The highest BCUT2D eigenvalue weighted by molar-refractivity contribution is 5.91. The number of hydrogen-bond acceptors (Lipinski definition) is 5. The van der Waals surface area contributed by atoms with Crippen LogP contribution in [0.15, 0.2) is 65.1 Å². The van der Waals surface area contributed by atoms with Crippen LogP contribution >= 0.6 is 0 Å². The summed E-state index contributed by atoms with van der Waals surface area (Å²) in [4.78, 5) is 17.1. The molecule has 4 rings (SSSR count). The zero-order valence-corrected chi connectivity index (χ0v) is 18.0. The van der Waals surface area contributed by atoms with E-state index in [1.807, 2.05) is 29.2 Å². The number of ether oxygens (including phenoxy) is 2. The number of piperazine rings is 1. The Bertz CT molecular complexity index is 1000. The fourth-order valence-corrected chi connectivity index (χ4v) is 3.69. The van der Waals surface area contributed by atoms with Crippen LogP contribution in [0.3, 0.4) is 0 Å². The molecule has 0 saturated carbocycles. The fraction of sp³-hybridized carbons (Fsp3) is 0.320. The monoisotopic (exact) mass is 420 g/mol. The van der Waals surface area contributed by atoms with E-state index in [1.54, 1.807) is 19.2 Å². The van der Waals surface area contributed by atoms with Gasteiger partial charge in [-0.15, -0.1) is 0 Å². The Balaban J connectivity index is 1.27. The van der Waals surface area contributed by atoms with E-state index >= 15 is 0 Å². The van der Waals surface area contributed by atoms with Gasteiger partial charge in [-0.3, -0.25) is 9.69 Å². The maximum atomic E-state index is 12.8. The number of aryl methyl sites for hydroxylation is 1. The largest absolute Gasteiger partial charge is 0.497 e. The third kappa shape index (κ3) is 5.27. The Morgan fingerprint density at radius 1 is 0.935 bits per heavy atom. The van der Waals surface area contributed by atoms with Crippen LogP contribution in [0.25, 0.3) is 0 Å². The highest BCUT2D eigenvalue weighted by atomic mass is 16.5. The van der Waals surface area contributed by atoms with Gasteiger partial charge >= 0.3 is 0 Å². The van der Waals surface area contributed by atoms with Crippen LogP contribution in [-0.2, 0) is 13.2 Å². The van der Waals surface area contributed by atoms with Crippen molar-refractivity contribution in [2.45, 2.75) is 20.1 Å². The Labute approximate surface area is 183 Å². The Kier molecular flexibility index (Phi) is 6.57. The molecule has 1 aliphatic heterocycles. The van der Waals surface area contributed by atoms with Crippen molar-refractivity contribution < 1.29 is 18.7 Å². The molecule has 6 heteroatoms. The van der Waals surface area contributed by atoms with Crippen molar-refractivity contribution in [1.29, 1.82) is 0 Å². The van der Waals surface area contributed by atoms with E-state index in [9.17, 15) is 4.79 Å². The van der Waals surface area contributed by atoms with E-state index in [0.29, 0.717) is 24.6 Å². The Morgan fingerprint density at radius 2 is 1.65 bits per heavy atom. The Hall–Kier alpha value is -3.25. The van der Waals surface area contributed by atoms with E-state index in [4.69, 9.17) is 13.9 Å². The zero-order valence-electron chi connectivity index (χ0n) is 18.0. The lowest BCUT2D eigenvalue weighted by Gasteiger charge is -2.34. The van der Waals surface area contributed by atoms with Gasteiger partial charge in [-0.1, -0.05) is 24.3 Å². The van der Waals surface area contributed by atoms with Gasteiger partial charge in [0.25, 0.3) is 5.91 Å². The van der Waals surface area contributed by atoms with Crippen LogP contribution < -0.4 is 9.47 Å². The van der Waals surface area contributed by atoms with Gasteiger partial charge in [-0.05, 0) is 54.4 Å². The summed E-state index contributed by atoms with van der Waals surface area (Å²) in [6.07, 6.45) is 0. The van der Waals surface area contributed by atoms with Crippen molar-refractivity contribution in [2.24, 2.45) is 0 Å². The molecule has 6 nitrogen and oxygen atoms in total. The molecule has 1 fully saturated rings. The van der Waals surface area contributed by atoms with Crippen LogP contribution in [0.1, 0.15) is 27.4 Å². The SMILES string of the molecule is COc1ccc(OCc2ccc(C(=O)N3CCN(Cc4ccccc4C)CC3)o2)cc1. The number of carbonyl (C=O) groups excluding carboxylic acids is 1. The zero-order chi connectivity index (χ0) is 21.6. The van der Waals surface area contributed by atoms with Gasteiger partial charge in [-0.25, -0.2) is 0 Å². The van der Waals surface area contributed by atoms with Gasteiger partial charge in [0.05, 0.1) is 7.11 Å². The van der Waals surface area contributed by atoms with Crippen LogP contribution in [-0.4, -0.2) is 49.0 Å². The molecule has 0 radical (unpaired) electrons. The first-order valence-electron chi connectivity index (χ1n) is 10.5. The van der Waals surface area contributed by atoms with E-state index < -0.39 is 0 Å². The minimum Gasteiger partial charge on any atom is -0.497 e. The van der Waals surface area contributed by atoms with Crippen molar-refractivity contribution >= 4 is 5.91 Å². The number of benzene rings is 2. The molecule has 0 bridgehead atoms. The summed E-state index contributed by atoms with van der Waals surface area (Å²) < 4.78 is 16.6. The highest BCUT2D eigenvalue weighted by Gasteiger charge is 2.24. The molecule has 0 spiro atoms. The van der Waals surface area contributed by atoms with Gasteiger partial charge < -0.3 is 18.8 Å². The quantitative estimate of drug-likeness (QED) is 0.575. The molecule has 0 aliphatic carbocycles. The van der Waals surface area contributed by atoms with Crippen LogP contribution in [0, 0.1) is 6.92 Å². The number of amides is 1. The summed E-state index contributed by atoms with van der Waals surface area (Å²) in [5.41, 5.74) is 2.65. The van der Waals surface area contributed by atoms with Gasteiger partial charge in [0.2, 0.25) is 0 Å². The number of carbonyl (C=O) groups is 1. The molecule has 162 valence electrons. The fourth-order valence-electron chi connectivity index (χ4n) is 3.69. The van der Waals surface area contributed by atoms with Crippen LogP contribution in [0.2, 0.25) is 0 Å². The second kappa shape index (κ2) is 9.71. The first-order valence-corrected chi connectivity index (χ1v) is 10.5. The first-order chi connectivity index (χ1) is 15.1. The summed E-state index contributed by atoms with van der Waals surface area (Å²) in [6.45, 7) is 6.43. The molecule has 1 amide bonds. The lowest BCUT2D eigenvalue weighted by Crippen LogP contribution is -2.48. The first kappa shape index (κ1) is 21.0. The number of nitrogens with zero attached hydrogens (tertiary/aromatic N) is 2. The standard InChI is InChI=1S/C25H28N2O4/c1-19-5-3-4-6-20(19)17-26-13-15-27(16-14-26)25(28)24-12-11-23(31-24)18-30-22-9-7-21(29-2)8-10-22/h3-12H,13-18H2,1-2H3. The maximum Gasteiger partial charge on any atom is 0.289 e. The van der Waals surface area contributed by atoms with Crippen molar-refractivity contribution in [3.8, 4) is 11.5 Å². The highest BCUT2D eigenvalue weighted by Crippen LogP contribution is 2.20. The predicted octanol–water partition coefficient (Wildman–Crippen LogP) is 4.13. The van der Waals surface area contributed by atoms with Gasteiger partial charge in [0, 0.05) is 32.7 Å². The van der Waals surface area contributed by atoms with Crippen molar-refractivity contribution in [2.75, 3.05) is 33.3 Å². The number of furan rings is 1. The topological polar surface area (TPSA) is 55.2 Å². The van der Waals surface area contributed by atoms with Crippen molar-refractivity contribution in [3.63, 3.8) is 0 Å². The predicted molar refractivity (Wildman–Crippen MR) is 118 cm³/mol. The normalized spacial score (nSPS) is 14.5. The summed E-state index contributed by atoms with van der Waals surface area (Å²) >= 11 is 0. The molecular formula is C25H28N2O4. The third-order valence-corrected chi connectivity index (χ3v) is 5.63. The lowest BCUT2D eigenvalue weighted by molar-refractivity contribution is 0.0594. The number of hydrogen-bond donors (Lipinski definition) is 0. The molecule has 2 heterocycles. The van der Waals surface area contributed by atoms with Crippen LogP contribution in [0.5, 0.6) is 11.5 Å². The second-order valence-electron chi connectivity index (χ2n) is 7.72. The molecule has 0 atom stereocenters. The van der Waals surface area contributed by atoms with Crippen molar-refractivity contribution in [1.82, 2.24) is 9.80 Å². The summed E-state index contributed by atoms with van der Waals surface area (Å²) in [7, 11) is 1.63. The molecule has 3 aromatic rings. The van der Waals surface area contributed by atoms with Gasteiger partial charge in [0.1, 0.15) is 23.9 Å². The summed E-state index contributed by atoms with van der Waals surface area (Å²) in [5, 5.41) is 0. The number of rotatable bonds is 7. The van der Waals surface area contributed by atoms with E-state index in [2.05, 4.69) is 36.1 Å². The third-order valence-electron chi connectivity index (χ3n) is 5.63. The van der Waals surface area contributed by atoms with Crippen molar-refractivity contribution in [3.05, 3.63) is 83.3 Å². The van der Waals surface area contributed by atoms with Crippen LogP contribution in [0.4, 0.5) is 0 Å². The summed E-state index contributed by atoms with van der Waals surface area (Å²) in [5.74, 6) is 2.41. The van der Waals surface area contributed by atoms with Gasteiger partial charge in [-0.2, -0.15) is 0 Å². The van der Waals surface area contributed by atoms with Gasteiger partial charge in [0.15, 0.2) is 5.76 Å². The molecule has 0 N–H and O–H groups in total.